The standard InChI is InChI=1S/C16H26N2O2S/c1-11(18-15(19)20-16(2,3)4)10-17-14(12-7-8-12)13-6-5-9-21-13/h5-6,9,11-12,14,17H,7-8,10H2,1-4H3,(H,18,19). The quantitative estimate of drug-likeness (QED) is 0.842. The first-order chi connectivity index (χ1) is 9.85. The number of hydrogen-bond donors (Lipinski definition) is 2. The Balaban J connectivity index is 1.77. The summed E-state index contributed by atoms with van der Waals surface area (Å²) >= 11 is 1.80. The average Bonchev–Trinajstić information content (AvgIpc) is 3.02. The van der Waals surface area contributed by atoms with Crippen molar-refractivity contribution in [3.05, 3.63) is 22.4 Å². The van der Waals surface area contributed by atoms with E-state index in [9.17, 15) is 4.79 Å². The Morgan fingerprint density at radius 3 is 2.71 bits per heavy atom. The van der Waals surface area contributed by atoms with E-state index in [0.717, 1.165) is 12.5 Å². The van der Waals surface area contributed by atoms with Gasteiger partial charge in [-0.25, -0.2) is 4.79 Å². The maximum atomic E-state index is 11.7. The lowest BCUT2D eigenvalue weighted by Gasteiger charge is -2.24. The van der Waals surface area contributed by atoms with Gasteiger partial charge in [-0.15, -0.1) is 11.3 Å². The van der Waals surface area contributed by atoms with Crippen LogP contribution in [0.5, 0.6) is 0 Å². The Hall–Kier alpha value is -1.07. The van der Waals surface area contributed by atoms with Gasteiger partial charge in [0.2, 0.25) is 0 Å². The fourth-order valence-electron chi connectivity index (χ4n) is 2.26. The van der Waals surface area contributed by atoms with Crippen molar-refractivity contribution in [2.24, 2.45) is 5.92 Å². The topological polar surface area (TPSA) is 50.4 Å². The van der Waals surface area contributed by atoms with Crippen LogP contribution in [0.25, 0.3) is 0 Å². The third-order valence-corrected chi connectivity index (χ3v) is 4.31. The van der Waals surface area contributed by atoms with Crippen LogP contribution in [0.4, 0.5) is 4.79 Å². The molecule has 1 heterocycles. The zero-order valence-electron chi connectivity index (χ0n) is 13.3. The highest BCUT2D eigenvalue weighted by atomic mass is 32.1. The van der Waals surface area contributed by atoms with E-state index in [-0.39, 0.29) is 12.1 Å². The maximum Gasteiger partial charge on any atom is 0.407 e. The molecule has 1 aliphatic rings. The van der Waals surface area contributed by atoms with Crippen LogP contribution < -0.4 is 10.6 Å². The van der Waals surface area contributed by atoms with E-state index in [1.165, 1.54) is 17.7 Å². The van der Waals surface area contributed by atoms with Crippen LogP contribution in [0.1, 0.15) is 51.5 Å². The highest BCUT2D eigenvalue weighted by Crippen LogP contribution is 2.42. The molecule has 1 saturated carbocycles. The predicted molar refractivity (Wildman–Crippen MR) is 86.6 cm³/mol. The summed E-state index contributed by atoms with van der Waals surface area (Å²) in [4.78, 5) is 13.1. The Labute approximate surface area is 131 Å². The molecule has 4 nitrogen and oxygen atoms in total. The molecule has 2 unspecified atom stereocenters. The number of hydrogen-bond acceptors (Lipinski definition) is 4. The molecule has 0 radical (unpaired) electrons. The largest absolute Gasteiger partial charge is 0.444 e. The van der Waals surface area contributed by atoms with Crippen LogP contribution in [-0.2, 0) is 4.74 Å². The smallest absolute Gasteiger partial charge is 0.407 e. The van der Waals surface area contributed by atoms with Gasteiger partial charge in [-0.3, -0.25) is 0 Å². The van der Waals surface area contributed by atoms with Crippen LogP contribution in [0, 0.1) is 5.92 Å². The second-order valence-electron chi connectivity index (χ2n) is 6.79. The second-order valence-corrected chi connectivity index (χ2v) is 7.77. The van der Waals surface area contributed by atoms with Crippen LogP contribution in [0.15, 0.2) is 17.5 Å². The number of carbonyl (C=O) groups excluding carboxylic acids is 1. The molecular weight excluding hydrogens is 284 g/mol. The lowest BCUT2D eigenvalue weighted by molar-refractivity contribution is 0.0507. The van der Waals surface area contributed by atoms with Crippen molar-refractivity contribution in [3.63, 3.8) is 0 Å². The van der Waals surface area contributed by atoms with Gasteiger partial charge >= 0.3 is 6.09 Å². The van der Waals surface area contributed by atoms with E-state index in [1.807, 2.05) is 27.7 Å². The summed E-state index contributed by atoms with van der Waals surface area (Å²) in [6, 6.07) is 4.75. The number of amides is 1. The lowest BCUT2D eigenvalue weighted by atomic mass is 10.1. The molecule has 2 rings (SSSR count). The van der Waals surface area contributed by atoms with Gasteiger partial charge in [0.25, 0.3) is 0 Å². The molecule has 1 aromatic rings. The summed E-state index contributed by atoms with van der Waals surface area (Å²) in [5, 5.41) is 8.59. The van der Waals surface area contributed by atoms with E-state index < -0.39 is 5.60 Å². The molecule has 1 aromatic heterocycles. The maximum absolute atomic E-state index is 11.7. The monoisotopic (exact) mass is 310 g/mol. The molecule has 0 bridgehead atoms. The summed E-state index contributed by atoms with van der Waals surface area (Å²) in [5.74, 6) is 0.748. The average molecular weight is 310 g/mol. The van der Waals surface area contributed by atoms with Crippen LogP contribution in [-0.4, -0.2) is 24.3 Å². The van der Waals surface area contributed by atoms with Crippen molar-refractivity contribution in [3.8, 4) is 0 Å². The van der Waals surface area contributed by atoms with Crippen molar-refractivity contribution in [1.29, 1.82) is 0 Å². The molecule has 0 spiro atoms. The molecule has 1 amide bonds. The molecule has 2 N–H and O–H groups in total. The molecule has 5 heteroatoms. The first kappa shape index (κ1) is 16.3. The van der Waals surface area contributed by atoms with Gasteiger partial charge in [-0.2, -0.15) is 0 Å². The van der Waals surface area contributed by atoms with Crippen molar-refractivity contribution in [1.82, 2.24) is 10.6 Å². The highest BCUT2D eigenvalue weighted by molar-refractivity contribution is 7.10. The molecule has 2 atom stereocenters. The van der Waals surface area contributed by atoms with Crippen LogP contribution in [0.3, 0.4) is 0 Å². The van der Waals surface area contributed by atoms with Gasteiger partial charge in [-0.1, -0.05) is 6.07 Å². The van der Waals surface area contributed by atoms with Gasteiger partial charge in [0.05, 0.1) is 0 Å². The fraction of sp³-hybridized carbons (Fsp3) is 0.688. The number of thiophene rings is 1. The first-order valence-corrected chi connectivity index (χ1v) is 8.49. The Morgan fingerprint density at radius 2 is 2.19 bits per heavy atom. The van der Waals surface area contributed by atoms with Gasteiger partial charge in [-0.05, 0) is 57.9 Å². The van der Waals surface area contributed by atoms with E-state index in [0.29, 0.717) is 6.04 Å². The lowest BCUT2D eigenvalue weighted by Crippen LogP contribution is -2.43. The normalized spacial score (nSPS) is 18.1. The number of nitrogens with one attached hydrogen (secondary N) is 2. The van der Waals surface area contributed by atoms with Gasteiger partial charge in [0, 0.05) is 23.5 Å². The molecule has 0 aromatic carbocycles. The van der Waals surface area contributed by atoms with E-state index in [1.54, 1.807) is 11.3 Å². The van der Waals surface area contributed by atoms with E-state index >= 15 is 0 Å². The van der Waals surface area contributed by atoms with E-state index in [2.05, 4.69) is 28.1 Å². The molecule has 0 saturated heterocycles. The van der Waals surface area contributed by atoms with Gasteiger partial charge in [0.1, 0.15) is 5.60 Å². The Morgan fingerprint density at radius 1 is 1.48 bits per heavy atom. The first-order valence-electron chi connectivity index (χ1n) is 7.61. The summed E-state index contributed by atoms with van der Waals surface area (Å²) in [7, 11) is 0. The molecule has 0 aliphatic heterocycles. The number of ether oxygens (including phenoxy) is 1. The minimum Gasteiger partial charge on any atom is -0.444 e. The summed E-state index contributed by atoms with van der Waals surface area (Å²) in [6.07, 6.45) is 2.24. The fourth-order valence-corrected chi connectivity index (χ4v) is 3.15. The third-order valence-electron chi connectivity index (χ3n) is 3.35. The highest BCUT2D eigenvalue weighted by Gasteiger charge is 2.32. The second kappa shape index (κ2) is 6.79. The molecule has 1 fully saturated rings. The molecular formula is C16H26N2O2S. The van der Waals surface area contributed by atoms with E-state index in [4.69, 9.17) is 4.74 Å². The molecule has 118 valence electrons. The number of rotatable bonds is 6. The van der Waals surface area contributed by atoms with Crippen molar-refractivity contribution in [2.75, 3.05) is 6.54 Å². The van der Waals surface area contributed by atoms with Crippen LogP contribution >= 0.6 is 11.3 Å². The Kier molecular flexibility index (Phi) is 5.27. The van der Waals surface area contributed by atoms with Gasteiger partial charge in [0.15, 0.2) is 0 Å². The zero-order chi connectivity index (χ0) is 15.5. The van der Waals surface area contributed by atoms with Crippen molar-refractivity contribution >= 4 is 17.4 Å². The summed E-state index contributed by atoms with van der Waals surface area (Å²) in [6.45, 7) is 8.36. The Bertz CT molecular complexity index is 449. The summed E-state index contributed by atoms with van der Waals surface area (Å²) in [5.41, 5.74) is -0.454. The van der Waals surface area contributed by atoms with Crippen molar-refractivity contribution in [2.45, 2.75) is 58.2 Å². The predicted octanol–water partition coefficient (Wildman–Crippen LogP) is 3.70. The minimum atomic E-state index is -0.454. The van der Waals surface area contributed by atoms with Crippen molar-refractivity contribution < 1.29 is 9.53 Å². The number of alkyl carbamates (subject to hydrolysis) is 1. The SMILES string of the molecule is CC(CNC(c1cccs1)C1CC1)NC(=O)OC(C)(C)C. The van der Waals surface area contributed by atoms with Crippen LogP contribution in [0.2, 0.25) is 0 Å². The number of carbonyl (C=O) groups is 1. The molecule has 1 aliphatic carbocycles. The minimum absolute atomic E-state index is 0.0427. The molecule has 21 heavy (non-hydrogen) atoms. The van der Waals surface area contributed by atoms with Gasteiger partial charge < -0.3 is 15.4 Å². The summed E-state index contributed by atoms with van der Waals surface area (Å²) < 4.78 is 5.27. The third kappa shape index (κ3) is 5.67. The zero-order valence-corrected chi connectivity index (χ0v) is 14.1.